The first kappa shape index (κ1) is 23.1. The van der Waals surface area contributed by atoms with Crippen LogP contribution in [0.4, 0.5) is 5.69 Å². The van der Waals surface area contributed by atoms with E-state index in [2.05, 4.69) is 15.2 Å². The minimum atomic E-state index is -3.81. The van der Waals surface area contributed by atoms with Gasteiger partial charge >= 0.3 is 0 Å². The molecule has 0 aliphatic rings. The summed E-state index contributed by atoms with van der Waals surface area (Å²) in [4.78, 5) is 12.7. The number of anilines is 1. The van der Waals surface area contributed by atoms with Gasteiger partial charge in [0.2, 0.25) is 0 Å². The largest absolute Gasteiger partial charge is 0.496 e. The van der Waals surface area contributed by atoms with Gasteiger partial charge in [0.15, 0.2) is 0 Å². The molecule has 2 aromatic carbocycles. The normalized spacial score (nSPS) is 11.2. The van der Waals surface area contributed by atoms with E-state index in [1.54, 1.807) is 35.7 Å². The fraction of sp³-hybridized carbons (Fsp3) is 0.143. The second-order valence-electron chi connectivity index (χ2n) is 6.23. The highest BCUT2D eigenvalue weighted by Crippen LogP contribution is 2.32. The first-order valence-electron chi connectivity index (χ1n) is 9.18. The first-order valence-corrected chi connectivity index (χ1v) is 11.5. The summed E-state index contributed by atoms with van der Waals surface area (Å²) in [5.74, 6) is 0.802. The summed E-state index contributed by atoms with van der Waals surface area (Å²) in [6.45, 7) is 0. The van der Waals surface area contributed by atoms with Crippen molar-refractivity contribution in [3.8, 4) is 17.2 Å². The van der Waals surface area contributed by atoms with Crippen molar-refractivity contribution in [3.05, 3.63) is 65.0 Å². The smallest absolute Gasteiger partial charge is 0.273 e. The van der Waals surface area contributed by atoms with E-state index in [0.29, 0.717) is 22.8 Å². The van der Waals surface area contributed by atoms with Crippen molar-refractivity contribution in [1.29, 1.82) is 0 Å². The SMILES string of the molecule is COc1cc(OC)c(/C=N/NC(=O)c2ccccc2NS(=O)(=O)c2cccs2)c(OC)c1. The van der Waals surface area contributed by atoms with Crippen molar-refractivity contribution in [2.45, 2.75) is 4.21 Å². The molecule has 1 heterocycles. The van der Waals surface area contributed by atoms with Gasteiger partial charge in [0.1, 0.15) is 21.5 Å². The fourth-order valence-electron chi connectivity index (χ4n) is 2.76. The van der Waals surface area contributed by atoms with Crippen molar-refractivity contribution in [2.24, 2.45) is 5.10 Å². The number of nitrogens with one attached hydrogen (secondary N) is 2. The average molecular weight is 476 g/mol. The van der Waals surface area contributed by atoms with Gasteiger partial charge in [-0.3, -0.25) is 9.52 Å². The molecular formula is C21H21N3O6S2. The molecule has 32 heavy (non-hydrogen) atoms. The Labute approximate surface area is 189 Å². The Kier molecular flexibility index (Phi) is 7.33. The van der Waals surface area contributed by atoms with Crippen molar-refractivity contribution in [1.82, 2.24) is 5.43 Å². The molecule has 168 valence electrons. The minimum absolute atomic E-state index is 0.110. The zero-order chi connectivity index (χ0) is 23.1. The molecule has 0 radical (unpaired) electrons. The Morgan fingerprint density at radius 3 is 2.28 bits per heavy atom. The summed E-state index contributed by atoms with van der Waals surface area (Å²) in [5, 5.41) is 5.63. The van der Waals surface area contributed by atoms with E-state index in [1.165, 1.54) is 45.7 Å². The van der Waals surface area contributed by atoms with Gasteiger partial charge in [-0.2, -0.15) is 5.10 Å². The number of methoxy groups -OCH3 is 3. The third-order valence-corrected chi connectivity index (χ3v) is 7.05. The van der Waals surface area contributed by atoms with E-state index < -0.39 is 15.9 Å². The number of sulfonamides is 1. The minimum Gasteiger partial charge on any atom is -0.496 e. The van der Waals surface area contributed by atoms with E-state index in [9.17, 15) is 13.2 Å². The number of hydrazone groups is 1. The van der Waals surface area contributed by atoms with Crippen LogP contribution >= 0.6 is 11.3 Å². The van der Waals surface area contributed by atoms with Crippen molar-refractivity contribution < 1.29 is 27.4 Å². The van der Waals surface area contributed by atoms with E-state index >= 15 is 0 Å². The molecule has 0 bridgehead atoms. The number of hydrogen-bond donors (Lipinski definition) is 2. The monoisotopic (exact) mass is 475 g/mol. The molecule has 0 aliphatic heterocycles. The summed E-state index contributed by atoms with van der Waals surface area (Å²) in [6, 6.07) is 12.7. The molecule has 0 saturated heterocycles. The van der Waals surface area contributed by atoms with Gasteiger partial charge in [-0.25, -0.2) is 13.8 Å². The van der Waals surface area contributed by atoms with Crippen LogP contribution in [0, 0.1) is 0 Å². The van der Waals surface area contributed by atoms with Crippen LogP contribution in [0.5, 0.6) is 17.2 Å². The van der Waals surface area contributed by atoms with Crippen LogP contribution in [0.25, 0.3) is 0 Å². The van der Waals surface area contributed by atoms with Gasteiger partial charge in [0, 0.05) is 12.1 Å². The molecule has 0 fully saturated rings. The predicted octanol–water partition coefficient (Wildman–Crippen LogP) is 3.34. The lowest BCUT2D eigenvalue weighted by Gasteiger charge is -2.12. The van der Waals surface area contributed by atoms with Gasteiger partial charge in [-0.15, -0.1) is 11.3 Å². The molecular weight excluding hydrogens is 454 g/mol. The standard InChI is InChI=1S/C21H21N3O6S2/c1-28-14-11-18(29-2)16(19(12-14)30-3)13-22-23-21(25)15-7-4-5-8-17(15)24-32(26,27)20-9-6-10-31-20/h4-13,24H,1-3H3,(H,23,25)/b22-13+. The molecule has 0 spiro atoms. The summed E-state index contributed by atoms with van der Waals surface area (Å²) in [7, 11) is 0.684. The molecule has 9 nitrogen and oxygen atoms in total. The highest BCUT2D eigenvalue weighted by molar-refractivity contribution is 7.94. The number of hydrogen-bond acceptors (Lipinski definition) is 8. The van der Waals surface area contributed by atoms with E-state index in [0.717, 1.165) is 11.3 Å². The first-order chi connectivity index (χ1) is 15.4. The molecule has 11 heteroatoms. The van der Waals surface area contributed by atoms with E-state index in [4.69, 9.17) is 14.2 Å². The predicted molar refractivity (Wildman–Crippen MR) is 123 cm³/mol. The summed E-state index contributed by atoms with van der Waals surface area (Å²) < 4.78 is 43.5. The van der Waals surface area contributed by atoms with Crippen LogP contribution in [0.1, 0.15) is 15.9 Å². The zero-order valence-corrected chi connectivity index (χ0v) is 19.1. The highest BCUT2D eigenvalue weighted by atomic mass is 32.2. The number of rotatable bonds is 9. The maximum Gasteiger partial charge on any atom is 0.273 e. The number of carbonyl (C=O) groups excluding carboxylic acids is 1. The van der Waals surface area contributed by atoms with Crippen molar-refractivity contribution in [3.63, 3.8) is 0 Å². The quantitative estimate of drug-likeness (QED) is 0.362. The molecule has 0 atom stereocenters. The van der Waals surface area contributed by atoms with Crippen LogP contribution in [0.2, 0.25) is 0 Å². The summed E-state index contributed by atoms with van der Waals surface area (Å²) in [6.07, 6.45) is 1.37. The Morgan fingerprint density at radius 1 is 1.00 bits per heavy atom. The Morgan fingerprint density at radius 2 is 1.69 bits per heavy atom. The molecule has 0 unspecified atom stereocenters. The summed E-state index contributed by atoms with van der Waals surface area (Å²) >= 11 is 1.08. The van der Waals surface area contributed by atoms with Crippen LogP contribution in [0.15, 0.2) is 63.2 Å². The van der Waals surface area contributed by atoms with Gasteiger partial charge < -0.3 is 14.2 Å². The number of carbonyl (C=O) groups is 1. The second-order valence-corrected chi connectivity index (χ2v) is 9.08. The number of benzene rings is 2. The maximum absolute atomic E-state index is 12.7. The molecule has 1 aromatic heterocycles. The molecule has 0 saturated carbocycles. The number of amides is 1. The lowest BCUT2D eigenvalue weighted by molar-refractivity contribution is 0.0956. The third kappa shape index (κ3) is 5.18. The Balaban J connectivity index is 1.82. The average Bonchev–Trinajstić information content (AvgIpc) is 3.35. The van der Waals surface area contributed by atoms with Crippen molar-refractivity contribution >= 4 is 39.2 Å². The van der Waals surface area contributed by atoms with Gasteiger partial charge in [0.25, 0.3) is 15.9 Å². The molecule has 1 amide bonds. The van der Waals surface area contributed by atoms with Gasteiger partial charge in [-0.05, 0) is 23.6 Å². The van der Waals surface area contributed by atoms with E-state index in [1.807, 2.05) is 0 Å². The Bertz CT molecular complexity index is 1200. The second kappa shape index (κ2) is 10.2. The molecule has 3 rings (SSSR count). The van der Waals surface area contributed by atoms with Crippen LogP contribution in [0.3, 0.4) is 0 Å². The summed E-state index contributed by atoms with van der Waals surface area (Å²) in [5.41, 5.74) is 3.13. The number of ether oxygens (including phenoxy) is 3. The highest BCUT2D eigenvalue weighted by Gasteiger charge is 2.19. The number of thiophene rings is 1. The molecule has 2 N–H and O–H groups in total. The number of nitrogens with zero attached hydrogens (tertiary/aromatic N) is 1. The van der Waals surface area contributed by atoms with Crippen LogP contribution < -0.4 is 24.4 Å². The lowest BCUT2D eigenvalue weighted by atomic mass is 10.1. The zero-order valence-electron chi connectivity index (χ0n) is 17.5. The third-order valence-electron chi connectivity index (χ3n) is 4.29. The molecule has 3 aromatic rings. The lowest BCUT2D eigenvalue weighted by Crippen LogP contribution is -2.21. The van der Waals surface area contributed by atoms with E-state index in [-0.39, 0.29) is 15.5 Å². The Hall–Kier alpha value is -3.57. The maximum atomic E-state index is 12.7. The van der Waals surface area contributed by atoms with Crippen molar-refractivity contribution in [2.75, 3.05) is 26.1 Å². The molecule has 0 aliphatic carbocycles. The van der Waals surface area contributed by atoms with Gasteiger partial charge in [0.05, 0.1) is 44.4 Å². The topological polar surface area (TPSA) is 115 Å². The van der Waals surface area contributed by atoms with Gasteiger partial charge in [-0.1, -0.05) is 18.2 Å². The fourth-order valence-corrected chi connectivity index (χ4v) is 4.83. The number of para-hydroxylation sites is 1. The van der Waals surface area contributed by atoms with Crippen LogP contribution in [-0.4, -0.2) is 41.9 Å². The van der Waals surface area contributed by atoms with Crippen LogP contribution in [-0.2, 0) is 10.0 Å².